The fraction of sp³-hybridized carbons (Fsp3) is 0.226. The molecule has 2 aromatic heterocycles. The van der Waals surface area contributed by atoms with E-state index in [1.54, 1.807) is 17.1 Å². The van der Waals surface area contributed by atoms with Crippen LogP contribution in [0.4, 0.5) is 5.82 Å². The van der Waals surface area contributed by atoms with E-state index >= 15 is 0 Å². The highest BCUT2D eigenvalue weighted by molar-refractivity contribution is 5.85. The van der Waals surface area contributed by atoms with Crippen LogP contribution in [0.2, 0.25) is 0 Å². The molecule has 1 saturated heterocycles. The molecule has 3 aromatic carbocycles. The van der Waals surface area contributed by atoms with Crippen molar-refractivity contribution in [2.45, 2.75) is 38.1 Å². The molecule has 3 heterocycles. The molecule has 3 N–H and O–H groups in total. The van der Waals surface area contributed by atoms with E-state index in [4.69, 9.17) is 14.2 Å². The second kappa shape index (κ2) is 12.8. The summed E-state index contributed by atoms with van der Waals surface area (Å²) in [6, 6.07) is 25.5. The molecule has 1 aliphatic heterocycles. The van der Waals surface area contributed by atoms with Gasteiger partial charge in [0.25, 0.3) is 0 Å². The van der Waals surface area contributed by atoms with Crippen LogP contribution in [0.15, 0.2) is 96.6 Å². The summed E-state index contributed by atoms with van der Waals surface area (Å²) in [5, 5.41) is 23.9. The first kappa shape index (κ1) is 27.3. The molecule has 0 amide bonds. The molecule has 0 radical (unpaired) electrons. The lowest BCUT2D eigenvalue weighted by atomic mass is 10.2. The smallest absolute Gasteiger partial charge is 0.177 e. The lowest BCUT2D eigenvalue weighted by Crippen LogP contribution is -2.24. The van der Waals surface area contributed by atoms with Crippen molar-refractivity contribution < 1.29 is 24.4 Å². The van der Waals surface area contributed by atoms with Crippen molar-refractivity contribution in [3.8, 4) is 11.5 Å². The third kappa shape index (κ3) is 6.23. The van der Waals surface area contributed by atoms with Gasteiger partial charge >= 0.3 is 0 Å². The number of hydrogen-bond donors (Lipinski definition) is 3. The maximum atomic E-state index is 10.1. The molecule has 0 aliphatic carbocycles. The normalized spacial score (nSPS) is 18.5. The number of benzene rings is 3. The molecule has 0 bridgehead atoms. The second-order valence-electron chi connectivity index (χ2n) is 9.79. The van der Waals surface area contributed by atoms with Gasteiger partial charge in [-0.1, -0.05) is 60.7 Å². The average molecular weight is 567 g/mol. The monoisotopic (exact) mass is 566 g/mol. The van der Waals surface area contributed by atoms with Crippen molar-refractivity contribution >= 4 is 23.2 Å². The van der Waals surface area contributed by atoms with Crippen molar-refractivity contribution in [1.29, 1.82) is 0 Å². The fourth-order valence-electron chi connectivity index (χ4n) is 4.67. The summed E-state index contributed by atoms with van der Waals surface area (Å²) in [5.74, 6) is 1.64. The fourth-order valence-corrected chi connectivity index (χ4v) is 4.67. The number of nitrogens with one attached hydrogen (secondary N) is 1. The van der Waals surface area contributed by atoms with Gasteiger partial charge in [0, 0.05) is 6.42 Å². The predicted molar refractivity (Wildman–Crippen MR) is 156 cm³/mol. The summed E-state index contributed by atoms with van der Waals surface area (Å²) >= 11 is 0. The number of aliphatic hydroxyl groups excluding tert-OH is 2. The SMILES string of the molecule is OC[C@H]1O[C@@H](n2cnc3c(N/N=C/c4ccc(OCc5ccccc5)c(OCc5ccccc5)c4)ncnc32)CC1O. The summed E-state index contributed by atoms with van der Waals surface area (Å²) in [4.78, 5) is 13.1. The number of fused-ring (bicyclic) bond motifs is 1. The quantitative estimate of drug-likeness (QED) is 0.160. The Morgan fingerprint density at radius 1 is 0.929 bits per heavy atom. The van der Waals surface area contributed by atoms with Crippen LogP contribution >= 0.6 is 0 Å². The van der Waals surface area contributed by atoms with Gasteiger partial charge < -0.3 is 24.4 Å². The summed E-state index contributed by atoms with van der Waals surface area (Å²) < 4.78 is 19.7. The first-order valence-electron chi connectivity index (χ1n) is 13.6. The van der Waals surface area contributed by atoms with Crippen molar-refractivity contribution in [1.82, 2.24) is 19.5 Å². The van der Waals surface area contributed by atoms with Crippen LogP contribution in [0.5, 0.6) is 11.5 Å². The molecular formula is C31H30N6O5. The molecular weight excluding hydrogens is 536 g/mol. The summed E-state index contributed by atoms with van der Waals surface area (Å²) in [6.07, 6.45) is 3.05. The Bertz CT molecular complexity index is 1650. The number of ether oxygens (including phenoxy) is 3. The van der Waals surface area contributed by atoms with Crippen LogP contribution in [-0.4, -0.2) is 54.8 Å². The molecule has 42 heavy (non-hydrogen) atoms. The number of aromatic nitrogens is 4. The van der Waals surface area contributed by atoms with Gasteiger partial charge in [-0.15, -0.1) is 0 Å². The molecule has 3 atom stereocenters. The highest BCUT2D eigenvalue weighted by Crippen LogP contribution is 2.32. The number of hydrazone groups is 1. The van der Waals surface area contributed by atoms with Gasteiger partial charge in [-0.05, 0) is 34.9 Å². The number of hydrogen-bond acceptors (Lipinski definition) is 10. The topological polar surface area (TPSA) is 136 Å². The van der Waals surface area contributed by atoms with Crippen molar-refractivity contribution in [3.05, 3.63) is 108 Å². The third-order valence-electron chi connectivity index (χ3n) is 6.88. The van der Waals surface area contributed by atoms with Crippen LogP contribution in [0.3, 0.4) is 0 Å². The second-order valence-corrected chi connectivity index (χ2v) is 9.79. The van der Waals surface area contributed by atoms with Gasteiger partial charge in [-0.2, -0.15) is 5.10 Å². The number of anilines is 1. The zero-order valence-corrected chi connectivity index (χ0v) is 22.7. The van der Waals surface area contributed by atoms with Crippen LogP contribution in [0.1, 0.15) is 29.3 Å². The van der Waals surface area contributed by atoms with Crippen LogP contribution in [0, 0.1) is 0 Å². The number of nitrogens with zero attached hydrogens (tertiary/aromatic N) is 5. The zero-order chi connectivity index (χ0) is 28.7. The predicted octanol–water partition coefficient (Wildman–Crippen LogP) is 4.07. The number of aliphatic hydroxyl groups is 2. The Labute approximate surface area is 242 Å². The van der Waals surface area contributed by atoms with Gasteiger partial charge in [0.1, 0.15) is 31.9 Å². The van der Waals surface area contributed by atoms with E-state index in [0.717, 1.165) is 16.7 Å². The van der Waals surface area contributed by atoms with Crippen molar-refractivity contribution in [3.63, 3.8) is 0 Å². The van der Waals surface area contributed by atoms with E-state index in [2.05, 4.69) is 25.5 Å². The van der Waals surface area contributed by atoms with Gasteiger partial charge in [0.2, 0.25) is 0 Å². The minimum Gasteiger partial charge on any atom is -0.485 e. The molecule has 1 fully saturated rings. The van der Waals surface area contributed by atoms with Crippen LogP contribution in [0.25, 0.3) is 11.2 Å². The Morgan fingerprint density at radius 2 is 1.64 bits per heavy atom. The number of rotatable bonds is 11. The summed E-state index contributed by atoms with van der Waals surface area (Å²) in [6.45, 7) is 0.545. The number of imidazole rings is 1. The molecule has 6 rings (SSSR count). The molecule has 0 saturated carbocycles. The highest BCUT2D eigenvalue weighted by atomic mass is 16.5. The Hall–Kier alpha value is -4.84. The first-order chi connectivity index (χ1) is 20.7. The molecule has 1 aliphatic rings. The molecule has 1 unspecified atom stereocenters. The highest BCUT2D eigenvalue weighted by Gasteiger charge is 2.35. The lowest BCUT2D eigenvalue weighted by Gasteiger charge is -2.14. The minimum atomic E-state index is -0.766. The molecule has 214 valence electrons. The zero-order valence-electron chi connectivity index (χ0n) is 22.7. The minimum absolute atomic E-state index is 0.264. The van der Waals surface area contributed by atoms with Gasteiger partial charge in [0.05, 0.1) is 25.3 Å². The van der Waals surface area contributed by atoms with E-state index in [9.17, 15) is 10.2 Å². The molecule has 0 spiro atoms. The Kier molecular flexibility index (Phi) is 8.31. The maximum Gasteiger partial charge on any atom is 0.177 e. The van der Waals surface area contributed by atoms with E-state index in [0.29, 0.717) is 48.1 Å². The van der Waals surface area contributed by atoms with Crippen molar-refractivity contribution in [2.75, 3.05) is 12.0 Å². The van der Waals surface area contributed by atoms with Crippen LogP contribution < -0.4 is 14.9 Å². The molecule has 11 nitrogen and oxygen atoms in total. The van der Waals surface area contributed by atoms with E-state index < -0.39 is 18.4 Å². The first-order valence-corrected chi connectivity index (χ1v) is 13.6. The summed E-state index contributed by atoms with van der Waals surface area (Å²) in [5.41, 5.74) is 6.86. The van der Waals surface area contributed by atoms with E-state index in [1.807, 2.05) is 78.9 Å². The van der Waals surface area contributed by atoms with E-state index in [-0.39, 0.29) is 6.61 Å². The van der Waals surface area contributed by atoms with Gasteiger partial charge in [-0.25, -0.2) is 15.0 Å². The molecule has 11 heteroatoms. The van der Waals surface area contributed by atoms with Crippen molar-refractivity contribution in [2.24, 2.45) is 5.10 Å². The van der Waals surface area contributed by atoms with Gasteiger partial charge in [0.15, 0.2) is 28.5 Å². The lowest BCUT2D eigenvalue weighted by molar-refractivity contribution is -0.0432. The molecule has 5 aromatic rings. The Balaban J connectivity index is 1.18. The third-order valence-corrected chi connectivity index (χ3v) is 6.88. The standard InChI is InChI=1S/C31H30N6O5/c38-16-27-24(39)14-28(42-27)37-20-34-29-30(32-19-33-31(29)37)36-35-15-23-11-12-25(40-17-21-7-3-1-4-8-21)26(13-23)41-18-22-9-5-2-6-10-22/h1-13,15,19-20,24,27-28,38-39H,14,16-18H2,(H,32,33,36)/b35-15+/t24?,27-,28-/m1/s1. The maximum absolute atomic E-state index is 10.1. The summed E-state index contributed by atoms with van der Waals surface area (Å²) in [7, 11) is 0. The largest absolute Gasteiger partial charge is 0.485 e. The van der Waals surface area contributed by atoms with Crippen LogP contribution in [-0.2, 0) is 18.0 Å². The average Bonchev–Trinajstić information content (AvgIpc) is 3.64. The van der Waals surface area contributed by atoms with Gasteiger partial charge in [-0.3, -0.25) is 9.99 Å². The van der Waals surface area contributed by atoms with E-state index in [1.165, 1.54) is 6.33 Å². The Morgan fingerprint density at radius 3 is 2.33 bits per heavy atom.